The van der Waals surface area contributed by atoms with E-state index in [0.717, 1.165) is 31.1 Å². The van der Waals surface area contributed by atoms with E-state index in [1.54, 1.807) is 6.07 Å². The van der Waals surface area contributed by atoms with Crippen LogP contribution in [-0.2, 0) is 23.0 Å². The first kappa shape index (κ1) is 25.3. The number of aryl methyl sites for hydroxylation is 2. The standard InChI is InChI=1S/C22H32O3S.K/c1-3-5-7-9-12-18-16-20-14-11-15-22(26(23,24)25)21(20)17-19(18)13-10-8-6-4-2;/h11,14-17H,3-10,12-13H2,1-2H3,(H,23,24,25);/q;+1/p-1. The SMILES string of the molecule is CCCCCCc1cc2cccc(S(=O)(=O)[O-])c2cc1CCCCCC.[K+]. The predicted molar refractivity (Wildman–Crippen MR) is 108 cm³/mol. The van der Waals surface area contributed by atoms with Gasteiger partial charge in [0, 0.05) is 0 Å². The molecular formula is C22H31KO3S. The molecule has 0 amide bonds. The smallest absolute Gasteiger partial charge is 0.744 e. The summed E-state index contributed by atoms with van der Waals surface area (Å²) in [7, 11) is -4.46. The van der Waals surface area contributed by atoms with Gasteiger partial charge in [0.05, 0.1) is 4.90 Å². The molecule has 27 heavy (non-hydrogen) atoms. The molecule has 0 aromatic heterocycles. The van der Waals surface area contributed by atoms with Gasteiger partial charge in [0.1, 0.15) is 10.1 Å². The van der Waals surface area contributed by atoms with Crippen molar-refractivity contribution < 1.29 is 64.4 Å². The zero-order valence-corrected chi connectivity index (χ0v) is 21.0. The molecule has 0 fully saturated rings. The van der Waals surface area contributed by atoms with Crippen molar-refractivity contribution in [2.24, 2.45) is 0 Å². The van der Waals surface area contributed by atoms with Crippen molar-refractivity contribution in [3.05, 3.63) is 41.5 Å². The molecule has 0 aliphatic heterocycles. The summed E-state index contributed by atoms with van der Waals surface area (Å²) in [5.74, 6) is 0. The Kier molecular flexibility index (Phi) is 11.9. The number of benzene rings is 2. The monoisotopic (exact) mass is 414 g/mol. The van der Waals surface area contributed by atoms with Crippen LogP contribution in [-0.4, -0.2) is 13.0 Å². The van der Waals surface area contributed by atoms with Crippen molar-refractivity contribution >= 4 is 20.9 Å². The third kappa shape index (κ3) is 7.88. The fraction of sp³-hybridized carbons (Fsp3) is 0.545. The Bertz CT molecular complexity index is 816. The first-order chi connectivity index (χ1) is 12.5. The van der Waals surface area contributed by atoms with Crippen molar-refractivity contribution in [1.82, 2.24) is 0 Å². The molecule has 0 aliphatic rings. The third-order valence-corrected chi connectivity index (χ3v) is 5.92. The van der Waals surface area contributed by atoms with Crippen LogP contribution in [0.5, 0.6) is 0 Å². The van der Waals surface area contributed by atoms with E-state index in [9.17, 15) is 13.0 Å². The molecule has 0 bridgehead atoms. The topological polar surface area (TPSA) is 57.2 Å². The zero-order valence-electron chi connectivity index (χ0n) is 17.1. The van der Waals surface area contributed by atoms with Crippen molar-refractivity contribution in [2.75, 3.05) is 0 Å². The van der Waals surface area contributed by atoms with Crippen LogP contribution >= 0.6 is 0 Å². The largest absolute Gasteiger partial charge is 1.00 e. The van der Waals surface area contributed by atoms with Gasteiger partial charge >= 0.3 is 51.4 Å². The van der Waals surface area contributed by atoms with Crippen LogP contribution in [0.3, 0.4) is 0 Å². The zero-order chi connectivity index (χ0) is 19.0. The van der Waals surface area contributed by atoms with E-state index < -0.39 is 10.1 Å². The van der Waals surface area contributed by atoms with E-state index in [-0.39, 0.29) is 56.3 Å². The van der Waals surface area contributed by atoms with Crippen molar-refractivity contribution in [3.63, 3.8) is 0 Å². The van der Waals surface area contributed by atoms with Crippen molar-refractivity contribution in [1.29, 1.82) is 0 Å². The van der Waals surface area contributed by atoms with Crippen LogP contribution in [0.4, 0.5) is 0 Å². The third-order valence-electron chi connectivity index (χ3n) is 5.03. The second-order valence-corrected chi connectivity index (χ2v) is 8.52. The first-order valence-corrected chi connectivity index (χ1v) is 11.4. The van der Waals surface area contributed by atoms with E-state index in [2.05, 4.69) is 19.9 Å². The number of hydrogen-bond acceptors (Lipinski definition) is 3. The maximum Gasteiger partial charge on any atom is 1.00 e. The van der Waals surface area contributed by atoms with Crippen LogP contribution in [0.25, 0.3) is 10.8 Å². The fourth-order valence-electron chi connectivity index (χ4n) is 3.56. The molecule has 2 rings (SSSR count). The molecular weight excluding hydrogens is 383 g/mol. The molecule has 0 saturated heterocycles. The summed E-state index contributed by atoms with van der Waals surface area (Å²) in [6, 6.07) is 9.05. The minimum Gasteiger partial charge on any atom is -0.744 e. The van der Waals surface area contributed by atoms with Gasteiger partial charge in [-0.25, -0.2) is 8.42 Å². The normalized spacial score (nSPS) is 11.5. The molecule has 0 saturated carbocycles. The van der Waals surface area contributed by atoms with Gasteiger partial charge in [0.15, 0.2) is 0 Å². The van der Waals surface area contributed by atoms with Crippen LogP contribution in [0.1, 0.15) is 76.3 Å². The minimum atomic E-state index is -4.46. The van der Waals surface area contributed by atoms with Gasteiger partial charge in [-0.05, 0) is 59.7 Å². The van der Waals surface area contributed by atoms with Gasteiger partial charge in [-0.1, -0.05) is 70.6 Å². The fourth-order valence-corrected chi connectivity index (χ4v) is 4.25. The summed E-state index contributed by atoms with van der Waals surface area (Å²) in [6.45, 7) is 4.40. The molecule has 0 aliphatic carbocycles. The van der Waals surface area contributed by atoms with Gasteiger partial charge in [0.2, 0.25) is 0 Å². The van der Waals surface area contributed by atoms with Crippen LogP contribution in [0.15, 0.2) is 35.2 Å². The predicted octanol–water partition coefficient (Wildman–Crippen LogP) is 2.99. The molecule has 144 valence electrons. The summed E-state index contributed by atoms with van der Waals surface area (Å²) in [5, 5.41) is 1.43. The Balaban J connectivity index is 0.00000364. The molecule has 0 radical (unpaired) electrons. The Morgan fingerprint density at radius 1 is 0.815 bits per heavy atom. The van der Waals surface area contributed by atoms with E-state index in [4.69, 9.17) is 0 Å². The Morgan fingerprint density at radius 3 is 1.89 bits per heavy atom. The summed E-state index contributed by atoms with van der Waals surface area (Å²) in [4.78, 5) is -0.0951. The van der Waals surface area contributed by atoms with Gasteiger partial charge in [-0.2, -0.15) is 0 Å². The molecule has 0 spiro atoms. The van der Waals surface area contributed by atoms with Crippen molar-refractivity contribution in [3.8, 4) is 0 Å². The number of unbranched alkanes of at least 4 members (excludes halogenated alkanes) is 6. The molecule has 2 aromatic carbocycles. The molecule has 3 nitrogen and oxygen atoms in total. The van der Waals surface area contributed by atoms with Gasteiger partial charge in [-0.3, -0.25) is 0 Å². The summed E-state index contributed by atoms with van der Waals surface area (Å²) < 4.78 is 34.9. The molecule has 0 unspecified atom stereocenters. The second kappa shape index (κ2) is 12.7. The number of hydrogen-bond donors (Lipinski definition) is 0. The molecule has 0 N–H and O–H groups in total. The quantitative estimate of drug-likeness (QED) is 0.323. The van der Waals surface area contributed by atoms with Gasteiger partial charge in [-0.15, -0.1) is 0 Å². The average molecular weight is 415 g/mol. The van der Waals surface area contributed by atoms with Crippen LogP contribution < -0.4 is 51.4 Å². The van der Waals surface area contributed by atoms with E-state index >= 15 is 0 Å². The maximum atomic E-state index is 11.6. The average Bonchev–Trinajstić information content (AvgIpc) is 2.61. The van der Waals surface area contributed by atoms with Crippen LogP contribution in [0.2, 0.25) is 0 Å². The van der Waals surface area contributed by atoms with E-state index in [0.29, 0.717) is 5.39 Å². The minimum absolute atomic E-state index is 0. The molecule has 2 aromatic rings. The Hall–Kier alpha value is 0.246. The summed E-state index contributed by atoms with van der Waals surface area (Å²) >= 11 is 0. The number of rotatable bonds is 11. The molecule has 5 heteroatoms. The molecule has 0 heterocycles. The Morgan fingerprint density at radius 2 is 1.37 bits per heavy atom. The molecule has 0 atom stereocenters. The summed E-state index contributed by atoms with van der Waals surface area (Å²) in [5.41, 5.74) is 2.52. The van der Waals surface area contributed by atoms with Crippen molar-refractivity contribution in [2.45, 2.75) is 83.0 Å². The summed E-state index contributed by atoms with van der Waals surface area (Å²) in [6.07, 6.45) is 11.5. The number of fused-ring (bicyclic) bond motifs is 1. The van der Waals surface area contributed by atoms with Gasteiger partial charge in [0.25, 0.3) is 0 Å². The Labute approximate surface area is 207 Å². The van der Waals surface area contributed by atoms with E-state index in [1.807, 2.05) is 12.1 Å². The second-order valence-electron chi connectivity index (χ2n) is 7.17. The van der Waals surface area contributed by atoms with E-state index in [1.165, 1.54) is 55.7 Å². The van der Waals surface area contributed by atoms with Crippen LogP contribution in [0, 0.1) is 0 Å². The maximum absolute atomic E-state index is 11.6. The first-order valence-electron chi connectivity index (χ1n) is 9.97. The van der Waals surface area contributed by atoms with Gasteiger partial charge < -0.3 is 4.55 Å².